The lowest BCUT2D eigenvalue weighted by molar-refractivity contribution is 0.102. The van der Waals surface area contributed by atoms with E-state index in [9.17, 15) is 4.79 Å². The highest BCUT2D eigenvalue weighted by molar-refractivity contribution is 7.98. The fourth-order valence-electron chi connectivity index (χ4n) is 3.64. The summed E-state index contributed by atoms with van der Waals surface area (Å²) in [7, 11) is 0. The summed E-state index contributed by atoms with van der Waals surface area (Å²) < 4.78 is 1.70. The van der Waals surface area contributed by atoms with E-state index < -0.39 is 0 Å². The Labute approximate surface area is 207 Å². The quantitative estimate of drug-likeness (QED) is 0.243. The van der Waals surface area contributed by atoms with Crippen LogP contribution in [0, 0.1) is 6.92 Å². The van der Waals surface area contributed by atoms with E-state index in [2.05, 4.69) is 25.6 Å². The van der Waals surface area contributed by atoms with Gasteiger partial charge in [0.2, 0.25) is 0 Å². The van der Waals surface area contributed by atoms with Crippen LogP contribution in [0.2, 0.25) is 0 Å². The molecule has 35 heavy (non-hydrogen) atoms. The standard InChI is InChI=1S/C27H22N6OS/c1-19-12-14-21(15-13-19)33-24(18-35-27-28-16-7-17-29-27)25(31-32-33)26(34)30-23-11-6-5-10-22(23)20-8-3-2-4-9-20/h2-17H,18H2,1H3,(H,30,34). The number of thioether (sulfide) groups is 1. The van der Waals surface area contributed by atoms with Crippen molar-refractivity contribution in [3.05, 3.63) is 114 Å². The van der Waals surface area contributed by atoms with E-state index >= 15 is 0 Å². The third-order valence-electron chi connectivity index (χ3n) is 5.40. The Kier molecular flexibility index (Phi) is 6.63. The fraction of sp³-hybridized carbons (Fsp3) is 0.0741. The number of rotatable bonds is 7. The number of amides is 1. The topological polar surface area (TPSA) is 85.6 Å². The number of anilines is 1. The van der Waals surface area contributed by atoms with Gasteiger partial charge in [0.05, 0.1) is 11.4 Å². The average molecular weight is 479 g/mol. The Hall–Kier alpha value is -4.30. The van der Waals surface area contributed by atoms with E-state index in [0.717, 1.165) is 22.4 Å². The predicted octanol–water partition coefficient (Wildman–Crippen LogP) is 5.58. The zero-order valence-electron chi connectivity index (χ0n) is 19.0. The van der Waals surface area contributed by atoms with Gasteiger partial charge in [0.1, 0.15) is 0 Å². The molecule has 0 aliphatic rings. The largest absolute Gasteiger partial charge is 0.320 e. The van der Waals surface area contributed by atoms with E-state index in [1.54, 1.807) is 23.1 Å². The zero-order valence-corrected chi connectivity index (χ0v) is 19.8. The van der Waals surface area contributed by atoms with Gasteiger partial charge in [-0.1, -0.05) is 83.2 Å². The molecule has 0 aliphatic carbocycles. The summed E-state index contributed by atoms with van der Waals surface area (Å²) in [6.07, 6.45) is 3.39. The van der Waals surface area contributed by atoms with Crippen LogP contribution in [-0.4, -0.2) is 30.9 Å². The van der Waals surface area contributed by atoms with Gasteiger partial charge in [-0.3, -0.25) is 4.79 Å². The lowest BCUT2D eigenvalue weighted by atomic mass is 10.0. The smallest absolute Gasteiger partial charge is 0.278 e. The number of nitrogens with one attached hydrogen (secondary N) is 1. The molecule has 0 radical (unpaired) electrons. The highest BCUT2D eigenvalue weighted by Gasteiger charge is 2.22. The fourth-order valence-corrected chi connectivity index (χ4v) is 4.43. The summed E-state index contributed by atoms with van der Waals surface area (Å²) in [6.45, 7) is 2.03. The number of benzene rings is 3. The number of aromatic nitrogens is 5. The van der Waals surface area contributed by atoms with Gasteiger partial charge in [-0.25, -0.2) is 14.6 Å². The molecule has 5 aromatic rings. The molecule has 0 saturated heterocycles. The lowest BCUT2D eigenvalue weighted by Gasteiger charge is -2.12. The second-order valence-electron chi connectivity index (χ2n) is 7.82. The van der Waals surface area contributed by atoms with Crippen molar-refractivity contribution in [2.75, 3.05) is 5.32 Å². The van der Waals surface area contributed by atoms with Crippen molar-refractivity contribution in [1.82, 2.24) is 25.0 Å². The SMILES string of the molecule is Cc1ccc(-n2nnc(C(=O)Nc3ccccc3-c3ccccc3)c2CSc2ncccn2)cc1. The van der Waals surface area contributed by atoms with Gasteiger partial charge in [-0.15, -0.1) is 5.10 Å². The maximum atomic E-state index is 13.5. The molecule has 0 saturated carbocycles. The first-order valence-corrected chi connectivity index (χ1v) is 12.0. The second-order valence-corrected chi connectivity index (χ2v) is 8.76. The number of carbonyl (C=O) groups is 1. The minimum Gasteiger partial charge on any atom is -0.320 e. The molecule has 7 nitrogen and oxygen atoms in total. The Morgan fingerprint density at radius 3 is 2.37 bits per heavy atom. The molecule has 0 spiro atoms. The minimum atomic E-state index is -0.323. The van der Waals surface area contributed by atoms with Crippen LogP contribution in [0.25, 0.3) is 16.8 Å². The molecule has 2 heterocycles. The Morgan fingerprint density at radius 1 is 0.886 bits per heavy atom. The van der Waals surface area contributed by atoms with Crippen molar-refractivity contribution in [3.8, 4) is 16.8 Å². The van der Waals surface area contributed by atoms with Crippen molar-refractivity contribution < 1.29 is 4.79 Å². The van der Waals surface area contributed by atoms with Crippen LogP contribution in [0.5, 0.6) is 0 Å². The molecule has 0 atom stereocenters. The molecule has 172 valence electrons. The third-order valence-corrected chi connectivity index (χ3v) is 6.28. The first-order chi connectivity index (χ1) is 17.2. The van der Waals surface area contributed by atoms with Crippen molar-refractivity contribution in [3.63, 3.8) is 0 Å². The van der Waals surface area contributed by atoms with E-state index in [4.69, 9.17) is 0 Å². The van der Waals surface area contributed by atoms with Crippen molar-refractivity contribution >= 4 is 23.4 Å². The van der Waals surface area contributed by atoms with Gasteiger partial charge in [0.25, 0.3) is 5.91 Å². The summed E-state index contributed by atoms with van der Waals surface area (Å²) >= 11 is 1.42. The monoisotopic (exact) mass is 478 g/mol. The van der Waals surface area contributed by atoms with Crippen molar-refractivity contribution in [2.24, 2.45) is 0 Å². The van der Waals surface area contributed by atoms with Gasteiger partial charge in [-0.2, -0.15) is 0 Å². The molecule has 0 bridgehead atoms. The summed E-state index contributed by atoms with van der Waals surface area (Å²) in [6, 6.07) is 27.4. The first kappa shape index (κ1) is 22.5. The number of nitrogens with zero attached hydrogens (tertiary/aromatic N) is 5. The molecule has 1 amide bonds. The maximum absolute atomic E-state index is 13.5. The Balaban J connectivity index is 1.48. The minimum absolute atomic E-state index is 0.261. The molecule has 5 rings (SSSR count). The Morgan fingerprint density at radius 2 is 1.60 bits per heavy atom. The van der Waals surface area contributed by atoms with Crippen molar-refractivity contribution in [2.45, 2.75) is 17.8 Å². The molecule has 0 fully saturated rings. The van der Waals surface area contributed by atoms with Crippen LogP contribution >= 0.6 is 11.8 Å². The van der Waals surface area contributed by atoms with Crippen LogP contribution in [0.3, 0.4) is 0 Å². The predicted molar refractivity (Wildman–Crippen MR) is 138 cm³/mol. The zero-order chi connectivity index (χ0) is 24.0. The normalized spacial score (nSPS) is 10.8. The number of carbonyl (C=O) groups excluding carboxylic acids is 1. The van der Waals surface area contributed by atoms with Crippen LogP contribution < -0.4 is 5.32 Å². The number of aryl methyl sites for hydroxylation is 1. The van der Waals surface area contributed by atoms with Gasteiger partial charge >= 0.3 is 0 Å². The molecule has 3 aromatic carbocycles. The van der Waals surface area contributed by atoms with Crippen molar-refractivity contribution in [1.29, 1.82) is 0 Å². The van der Waals surface area contributed by atoms with Crippen LogP contribution in [0.15, 0.2) is 102 Å². The van der Waals surface area contributed by atoms with E-state index in [1.165, 1.54) is 11.8 Å². The summed E-state index contributed by atoms with van der Waals surface area (Å²) in [5, 5.41) is 12.3. The van der Waals surface area contributed by atoms with E-state index in [-0.39, 0.29) is 11.6 Å². The summed E-state index contributed by atoms with van der Waals surface area (Å²) in [5.41, 5.74) is 5.55. The van der Waals surface area contributed by atoms with Gasteiger partial charge in [-0.05, 0) is 36.8 Å². The summed E-state index contributed by atoms with van der Waals surface area (Å²) in [5.74, 6) is 0.102. The highest BCUT2D eigenvalue weighted by atomic mass is 32.2. The van der Waals surface area contributed by atoms with Crippen LogP contribution in [0.1, 0.15) is 21.7 Å². The average Bonchev–Trinajstić information content (AvgIpc) is 3.33. The second kappa shape index (κ2) is 10.3. The number of hydrogen-bond acceptors (Lipinski definition) is 6. The number of para-hydroxylation sites is 1. The molecule has 1 N–H and O–H groups in total. The molecular formula is C27H22N6OS. The summed E-state index contributed by atoms with van der Waals surface area (Å²) in [4.78, 5) is 22.0. The maximum Gasteiger partial charge on any atom is 0.278 e. The first-order valence-electron chi connectivity index (χ1n) is 11.1. The van der Waals surface area contributed by atoms with Crippen LogP contribution in [0.4, 0.5) is 5.69 Å². The van der Waals surface area contributed by atoms with Gasteiger partial charge in [0.15, 0.2) is 10.9 Å². The Bertz CT molecular complexity index is 1440. The van der Waals surface area contributed by atoms with E-state index in [1.807, 2.05) is 85.8 Å². The van der Waals surface area contributed by atoms with Crippen LogP contribution in [-0.2, 0) is 5.75 Å². The third kappa shape index (κ3) is 5.12. The van der Waals surface area contributed by atoms with E-state index in [0.29, 0.717) is 22.3 Å². The molecule has 8 heteroatoms. The highest BCUT2D eigenvalue weighted by Crippen LogP contribution is 2.29. The molecule has 0 aliphatic heterocycles. The van der Waals surface area contributed by atoms with Gasteiger partial charge in [0, 0.05) is 29.4 Å². The lowest BCUT2D eigenvalue weighted by Crippen LogP contribution is -2.16. The molecular weight excluding hydrogens is 456 g/mol. The molecule has 2 aromatic heterocycles. The number of hydrogen-bond donors (Lipinski definition) is 1. The molecule has 0 unspecified atom stereocenters. The van der Waals surface area contributed by atoms with Gasteiger partial charge < -0.3 is 5.32 Å².